The van der Waals surface area contributed by atoms with Crippen molar-refractivity contribution in [3.8, 4) is 0 Å². The first kappa shape index (κ1) is 12.2. The van der Waals surface area contributed by atoms with E-state index in [-0.39, 0.29) is 0 Å². The summed E-state index contributed by atoms with van der Waals surface area (Å²) in [7, 11) is 0. The number of nitrogens with two attached hydrogens (primary N) is 1. The fourth-order valence-corrected chi connectivity index (χ4v) is 3.84. The molecule has 0 radical (unpaired) electrons. The number of nitrogens with one attached hydrogen (secondary N) is 1. The molecule has 2 aliphatic heterocycles. The quantitative estimate of drug-likeness (QED) is 0.723. The van der Waals surface area contributed by atoms with Crippen molar-refractivity contribution in [2.24, 2.45) is 0 Å². The molecule has 1 aromatic carbocycles. The standard InChI is InChI=1S/C16H24N2/c1-13-7-6-8-14-11-17-12-15(16(13)14)18-9-4-2-3-5-10-18/h6-8,15,17H,2-5,9-12H2,1H3/p+2/t15-/m1/s1. The first-order valence-electron chi connectivity index (χ1n) is 7.61. The number of quaternary nitrogens is 2. The minimum Gasteiger partial charge on any atom is -0.337 e. The Morgan fingerprint density at radius 2 is 1.89 bits per heavy atom. The number of aryl methyl sites for hydroxylation is 1. The monoisotopic (exact) mass is 246 g/mol. The van der Waals surface area contributed by atoms with Gasteiger partial charge in [-0.3, -0.25) is 0 Å². The van der Waals surface area contributed by atoms with Crippen molar-refractivity contribution in [2.75, 3.05) is 19.6 Å². The number of rotatable bonds is 1. The van der Waals surface area contributed by atoms with Crippen LogP contribution >= 0.6 is 0 Å². The lowest BCUT2D eigenvalue weighted by molar-refractivity contribution is -0.947. The topological polar surface area (TPSA) is 21.1 Å². The Morgan fingerprint density at radius 3 is 2.67 bits per heavy atom. The molecule has 0 bridgehead atoms. The summed E-state index contributed by atoms with van der Waals surface area (Å²) in [5.41, 5.74) is 4.78. The van der Waals surface area contributed by atoms with Crippen molar-refractivity contribution in [1.29, 1.82) is 0 Å². The molecule has 2 heteroatoms. The fourth-order valence-electron chi connectivity index (χ4n) is 3.84. The van der Waals surface area contributed by atoms with Crippen LogP contribution in [0.2, 0.25) is 0 Å². The Balaban J connectivity index is 1.90. The average molecular weight is 246 g/mol. The van der Waals surface area contributed by atoms with Crippen LogP contribution in [0.4, 0.5) is 0 Å². The van der Waals surface area contributed by atoms with Crippen molar-refractivity contribution >= 4 is 0 Å². The number of likely N-dealkylation sites (tertiary alicyclic amines) is 1. The van der Waals surface area contributed by atoms with Crippen LogP contribution in [0.25, 0.3) is 0 Å². The zero-order valence-electron chi connectivity index (χ0n) is 11.5. The van der Waals surface area contributed by atoms with Crippen molar-refractivity contribution in [1.82, 2.24) is 0 Å². The molecule has 0 unspecified atom stereocenters. The second-order valence-corrected chi connectivity index (χ2v) is 6.00. The van der Waals surface area contributed by atoms with E-state index in [1.165, 1.54) is 57.4 Å². The lowest BCUT2D eigenvalue weighted by atomic mass is 9.91. The molecule has 0 spiro atoms. The van der Waals surface area contributed by atoms with E-state index in [0.717, 1.165) is 6.04 Å². The van der Waals surface area contributed by atoms with Gasteiger partial charge in [0, 0.05) is 11.1 Å². The van der Waals surface area contributed by atoms with Crippen LogP contribution in [0.3, 0.4) is 0 Å². The van der Waals surface area contributed by atoms with Gasteiger partial charge in [0.15, 0.2) is 6.04 Å². The van der Waals surface area contributed by atoms with Crippen molar-refractivity contribution in [3.63, 3.8) is 0 Å². The SMILES string of the molecule is Cc1cccc2c1[C@H]([NH+]1CCCCCC1)C[NH2+]C2. The first-order valence-corrected chi connectivity index (χ1v) is 7.61. The fraction of sp³-hybridized carbons (Fsp3) is 0.625. The minimum absolute atomic E-state index is 0.744. The molecule has 18 heavy (non-hydrogen) atoms. The van der Waals surface area contributed by atoms with Gasteiger partial charge in [-0.2, -0.15) is 0 Å². The molecular weight excluding hydrogens is 220 g/mol. The number of fused-ring (bicyclic) bond motifs is 1. The number of hydrogen-bond acceptors (Lipinski definition) is 0. The molecular formula is C16H26N2+2. The smallest absolute Gasteiger partial charge is 0.163 e. The van der Waals surface area contributed by atoms with Crippen LogP contribution in [-0.4, -0.2) is 19.6 Å². The Morgan fingerprint density at radius 1 is 1.11 bits per heavy atom. The van der Waals surface area contributed by atoms with Crippen LogP contribution in [0.15, 0.2) is 18.2 Å². The van der Waals surface area contributed by atoms with Gasteiger partial charge in [-0.05, 0) is 38.2 Å². The molecule has 1 aromatic rings. The molecule has 1 atom stereocenters. The maximum Gasteiger partial charge on any atom is 0.163 e. The van der Waals surface area contributed by atoms with Gasteiger partial charge in [0.2, 0.25) is 0 Å². The lowest BCUT2D eigenvalue weighted by Gasteiger charge is -2.32. The third kappa shape index (κ3) is 2.32. The predicted octanol–water partition coefficient (Wildman–Crippen LogP) is 0.572. The summed E-state index contributed by atoms with van der Waals surface area (Å²) in [6.45, 7) is 7.53. The second-order valence-electron chi connectivity index (χ2n) is 6.00. The van der Waals surface area contributed by atoms with E-state index in [1.807, 2.05) is 4.90 Å². The third-order valence-electron chi connectivity index (χ3n) is 4.77. The zero-order chi connectivity index (χ0) is 12.4. The van der Waals surface area contributed by atoms with E-state index in [0.29, 0.717) is 0 Å². The maximum absolute atomic E-state index is 2.50. The molecule has 0 aliphatic carbocycles. The third-order valence-corrected chi connectivity index (χ3v) is 4.77. The number of benzene rings is 1. The van der Waals surface area contributed by atoms with E-state index < -0.39 is 0 Å². The molecule has 0 amide bonds. The largest absolute Gasteiger partial charge is 0.337 e. The van der Waals surface area contributed by atoms with Gasteiger partial charge in [-0.1, -0.05) is 18.2 Å². The molecule has 98 valence electrons. The first-order chi connectivity index (χ1) is 8.86. The average Bonchev–Trinajstić information content (AvgIpc) is 2.67. The summed E-state index contributed by atoms with van der Waals surface area (Å²) in [5.74, 6) is 0. The van der Waals surface area contributed by atoms with Gasteiger partial charge in [0.25, 0.3) is 0 Å². The summed E-state index contributed by atoms with van der Waals surface area (Å²) in [4.78, 5) is 1.85. The summed E-state index contributed by atoms with van der Waals surface area (Å²) >= 11 is 0. The molecule has 0 aromatic heterocycles. The van der Waals surface area contributed by atoms with E-state index in [2.05, 4.69) is 30.4 Å². The van der Waals surface area contributed by atoms with E-state index in [9.17, 15) is 0 Å². The van der Waals surface area contributed by atoms with Crippen LogP contribution in [-0.2, 0) is 6.54 Å². The maximum atomic E-state index is 2.50. The Bertz CT molecular complexity index is 406. The Hall–Kier alpha value is -0.860. The normalized spacial score (nSPS) is 25.5. The minimum atomic E-state index is 0.744. The molecule has 1 saturated heterocycles. The van der Waals surface area contributed by atoms with E-state index in [1.54, 1.807) is 11.1 Å². The van der Waals surface area contributed by atoms with Gasteiger partial charge < -0.3 is 10.2 Å². The molecule has 0 saturated carbocycles. The highest BCUT2D eigenvalue weighted by Crippen LogP contribution is 2.21. The summed E-state index contributed by atoms with van der Waals surface area (Å²) in [5, 5.41) is 2.50. The number of hydrogen-bond donors (Lipinski definition) is 2. The van der Waals surface area contributed by atoms with Gasteiger partial charge >= 0.3 is 0 Å². The molecule has 2 nitrogen and oxygen atoms in total. The van der Waals surface area contributed by atoms with Crippen LogP contribution in [0.5, 0.6) is 0 Å². The van der Waals surface area contributed by atoms with Gasteiger partial charge in [-0.25, -0.2) is 0 Å². The molecule has 1 fully saturated rings. The molecule has 2 heterocycles. The van der Waals surface area contributed by atoms with Crippen molar-refractivity contribution in [3.05, 3.63) is 34.9 Å². The van der Waals surface area contributed by atoms with Crippen LogP contribution < -0.4 is 10.2 Å². The Kier molecular flexibility index (Phi) is 3.67. The highest BCUT2D eigenvalue weighted by Gasteiger charge is 2.32. The molecule has 3 N–H and O–H groups in total. The van der Waals surface area contributed by atoms with Crippen molar-refractivity contribution < 1.29 is 10.2 Å². The predicted molar refractivity (Wildman–Crippen MR) is 73.6 cm³/mol. The van der Waals surface area contributed by atoms with Crippen molar-refractivity contribution in [2.45, 2.75) is 45.2 Å². The Labute approximate surface area is 110 Å². The van der Waals surface area contributed by atoms with E-state index in [4.69, 9.17) is 0 Å². The second kappa shape index (κ2) is 5.41. The lowest BCUT2D eigenvalue weighted by Crippen LogP contribution is -3.15. The highest BCUT2D eigenvalue weighted by atomic mass is 15.2. The van der Waals surface area contributed by atoms with E-state index >= 15 is 0 Å². The van der Waals surface area contributed by atoms with Gasteiger partial charge in [-0.15, -0.1) is 0 Å². The van der Waals surface area contributed by atoms with Gasteiger partial charge in [0.05, 0.1) is 13.1 Å². The highest BCUT2D eigenvalue weighted by molar-refractivity contribution is 5.36. The zero-order valence-corrected chi connectivity index (χ0v) is 11.5. The van der Waals surface area contributed by atoms with Crippen LogP contribution in [0, 0.1) is 6.92 Å². The summed E-state index contributed by atoms with van der Waals surface area (Å²) in [6, 6.07) is 7.60. The summed E-state index contributed by atoms with van der Waals surface area (Å²) in [6.07, 6.45) is 5.74. The van der Waals surface area contributed by atoms with Gasteiger partial charge in [0.1, 0.15) is 13.1 Å². The van der Waals surface area contributed by atoms with Crippen LogP contribution in [0.1, 0.15) is 48.4 Å². The molecule has 2 aliphatic rings. The summed E-state index contributed by atoms with van der Waals surface area (Å²) < 4.78 is 0. The molecule has 3 rings (SSSR count).